The number of hydrogen-bond donors (Lipinski definition) is 0. The molecule has 0 aliphatic carbocycles. The smallest absolute Gasteiger partial charge is 0.226 e. The fraction of sp³-hybridized carbons (Fsp3) is 0.571. The largest absolute Gasteiger partial charge is 0.349 e. The maximum absolute atomic E-state index is 5.19. The van der Waals surface area contributed by atoms with Gasteiger partial charge in [0.05, 0.1) is 12.6 Å². The Bertz CT molecular complexity index is 545. The Morgan fingerprint density at radius 1 is 1.37 bits per heavy atom. The third-order valence-electron chi connectivity index (χ3n) is 3.82. The van der Waals surface area contributed by atoms with Gasteiger partial charge in [-0.05, 0) is 18.6 Å². The lowest BCUT2D eigenvalue weighted by atomic mass is 10.1. The molecule has 1 aliphatic rings. The third kappa shape index (κ3) is 2.30. The normalized spacial score (nSPS) is 19.6. The molecule has 1 aliphatic heterocycles. The molecule has 0 amide bonds. The summed E-state index contributed by atoms with van der Waals surface area (Å²) in [6.07, 6.45) is 4.06. The van der Waals surface area contributed by atoms with Crippen LogP contribution in [0.2, 0.25) is 0 Å². The first-order valence-corrected chi connectivity index (χ1v) is 7.02. The summed E-state index contributed by atoms with van der Waals surface area (Å²) in [6, 6.07) is 4.80. The van der Waals surface area contributed by atoms with Crippen molar-refractivity contribution < 1.29 is 4.52 Å². The number of rotatable bonds is 4. The van der Waals surface area contributed by atoms with Crippen LogP contribution in [-0.4, -0.2) is 26.2 Å². The first-order valence-electron chi connectivity index (χ1n) is 7.02. The van der Waals surface area contributed by atoms with Crippen molar-refractivity contribution in [3.63, 3.8) is 0 Å². The summed E-state index contributed by atoms with van der Waals surface area (Å²) in [6.45, 7) is 7.11. The van der Waals surface area contributed by atoms with Crippen LogP contribution in [-0.2, 0) is 19.5 Å². The van der Waals surface area contributed by atoms with Crippen molar-refractivity contribution in [2.24, 2.45) is 0 Å². The Hall–Kier alpha value is -1.62. The van der Waals surface area contributed by atoms with Gasteiger partial charge in [-0.15, -0.1) is 0 Å². The van der Waals surface area contributed by atoms with Crippen LogP contribution >= 0.6 is 0 Å². The van der Waals surface area contributed by atoms with Gasteiger partial charge in [-0.25, -0.2) is 0 Å². The SMILES string of the molecule is CCc1nc(CN2CCn3cccc3C2CC)no1. The van der Waals surface area contributed by atoms with Gasteiger partial charge in [-0.3, -0.25) is 4.90 Å². The van der Waals surface area contributed by atoms with Gasteiger partial charge in [0.15, 0.2) is 5.82 Å². The van der Waals surface area contributed by atoms with Gasteiger partial charge >= 0.3 is 0 Å². The van der Waals surface area contributed by atoms with Gasteiger partial charge in [-0.1, -0.05) is 19.0 Å². The first-order chi connectivity index (χ1) is 9.31. The van der Waals surface area contributed by atoms with Crippen LogP contribution in [0.5, 0.6) is 0 Å². The molecule has 1 atom stereocenters. The Morgan fingerprint density at radius 2 is 2.26 bits per heavy atom. The van der Waals surface area contributed by atoms with E-state index in [1.54, 1.807) is 0 Å². The van der Waals surface area contributed by atoms with Crippen LogP contribution in [0.1, 0.15) is 43.7 Å². The molecule has 3 heterocycles. The van der Waals surface area contributed by atoms with E-state index in [0.29, 0.717) is 6.04 Å². The second-order valence-electron chi connectivity index (χ2n) is 4.98. The van der Waals surface area contributed by atoms with Crippen molar-refractivity contribution >= 4 is 0 Å². The second-order valence-corrected chi connectivity index (χ2v) is 4.98. The molecule has 0 aromatic carbocycles. The zero-order chi connectivity index (χ0) is 13.2. The molecule has 3 rings (SSSR count). The van der Waals surface area contributed by atoms with Crippen LogP contribution in [0.3, 0.4) is 0 Å². The van der Waals surface area contributed by atoms with E-state index in [1.807, 2.05) is 6.92 Å². The summed E-state index contributed by atoms with van der Waals surface area (Å²) < 4.78 is 7.53. The molecule has 0 bridgehead atoms. The molecule has 0 saturated heterocycles. The average molecular weight is 260 g/mol. The maximum Gasteiger partial charge on any atom is 0.226 e. The number of nitrogens with zero attached hydrogens (tertiary/aromatic N) is 4. The monoisotopic (exact) mass is 260 g/mol. The fourth-order valence-corrected chi connectivity index (χ4v) is 2.85. The topological polar surface area (TPSA) is 47.1 Å². The summed E-state index contributed by atoms with van der Waals surface area (Å²) in [5, 5.41) is 4.06. The highest BCUT2D eigenvalue weighted by Crippen LogP contribution is 2.29. The fourth-order valence-electron chi connectivity index (χ4n) is 2.85. The predicted molar refractivity (Wildman–Crippen MR) is 71.6 cm³/mol. The van der Waals surface area contributed by atoms with Crippen LogP contribution in [0.4, 0.5) is 0 Å². The Kier molecular flexibility index (Phi) is 3.38. The zero-order valence-electron chi connectivity index (χ0n) is 11.5. The van der Waals surface area contributed by atoms with Crippen molar-refractivity contribution in [3.05, 3.63) is 35.7 Å². The minimum Gasteiger partial charge on any atom is -0.349 e. The molecule has 5 nitrogen and oxygen atoms in total. The number of aryl methyl sites for hydroxylation is 1. The van der Waals surface area contributed by atoms with Gasteiger partial charge in [0.2, 0.25) is 5.89 Å². The van der Waals surface area contributed by atoms with Crippen LogP contribution in [0, 0.1) is 0 Å². The summed E-state index contributed by atoms with van der Waals surface area (Å²) in [4.78, 5) is 6.85. The van der Waals surface area contributed by atoms with E-state index in [9.17, 15) is 0 Å². The molecule has 0 saturated carbocycles. The molecule has 0 spiro atoms. The molecule has 0 radical (unpaired) electrons. The highest BCUT2D eigenvalue weighted by molar-refractivity contribution is 5.14. The van der Waals surface area contributed by atoms with Gasteiger partial charge in [0.25, 0.3) is 0 Å². The van der Waals surface area contributed by atoms with Crippen LogP contribution < -0.4 is 0 Å². The molecule has 0 fully saturated rings. The molecule has 1 unspecified atom stereocenters. The quantitative estimate of drug-likeness (QED) is 0.847. The van der Waals surface area contributed by atoms with Gasteiger partial charge < -0.3 is 9.09 Å². The molecule has 19 heavy (non-hydrogen) atoms. The van der Waals surface area contributed by atoms with E-state index in [0.717, 1.165) is 44.2 Å². The molecule has 2 aromatic heterocycles. The van der Waals surface area contributed by atoms with E-state index < -0.39 is 0 Å². The molecule has 0 N–H and O–H groups in total. The minimum absolute atomic E-state index is 0.451. The van der Waals surface area contributed by atoms with Crippen LogP contribution in [0.15, 0.2) is 22.9 Å². The highest BCUT2D eigenvalue weighted by Gasteiger charge is 2.26. The van der Waals surface area contributed by atoms with Crippen molar-refractivity contribution in [3.8, 4) is 0 Å². The lowest BCUT2D eigenvalue weighted by Gasteiger charge is -2.35. The van der Waals surface area contributed by atoms with Crippen molar-refractivity contribution in [1.29, 1.82) is 0 Å². The number of hydrogen-bond acceptors (Lipinski definition) is 4. The van der Waals surface area contributed by atoms with Crippen molar-refractivity contribution in [2.45, 2.75) is 45.8 Å². The van der Waals surface area contributed by atoms with E-state index in [2.05, 4.69) is 44.9 Å². The highest BCUT2D eigenvalue weighted by atomic mass is 16.5. The van der Waals surface area contributed by atoms with E-state index in [4.69, 9.17) is 4.52 Å². The molecule has 2 aromatic rings. The Balaban J connectivity index is 1.78. The number of fused-ring (bicyclic) bond motifs is 1. The summed E-state index contributed by atoms with van der Waals surface area (Å²) in [7, 11) is 0. The number of aromatic nitrogens is 3. The van der Waals surface area contributed by atoms with Crippen molar-refractivity contribution in [2.75, 3.05) is 6.54 Å². The van der Waals surface area contributed by atoms with E-state index in [1.165, 1.54) is 5.69 Å². The molecular formula is C14H20N4O. The standard InChI is InChI=1S/C14H20N4O/c1-3-11-12-6-5-7-17(12)8-9-18(11)10-13-15-14(4-2)19-16-13/h5-7,11H,3-4,8-10H2,1-2H3. The molecular weight excluding hydrogens is 240 g/mol. The summed E-state index contributed by atoms with van der Waals surface area (Å²) >= 11 is 0. The zero-order valence-corrected chi connectivity index (χ0v) is 11.5. The average Bonchev–Trinajstić information content (AvgIpc) is 3.06. The van der Waals surface area contributed by atoms with Gasteiger partial charge in [0, 0.05) is 31.4 Å². The Morgan fingerprint density at radius 3 is 3.00 bits per heavy atom. The predicted octanol–water partition coefficient (Wildman–Crippen LogP) is 2.40. The van der Waals surface area contributed by atoms with Gasteiger partial charge in [-0.2, -0.15) is 4.98 Å². The second kappa shape index (κ2) is 5.17. The minimum atomic E-state index is 0.451. The Labute approximate surface area is 113 Å². The summed E-state index contributed by atoms with van der Waals surface area (Å²) in [5.74, 6) is 1.53. The van der Waals surface area contributed by atoms with Crippen molar-refractivity contribution in [1.82, 2.24) is 19.6 Å². The molecule has 102 valence electrons. The lowest BCUT2D eigenvalue weighted by Crippen LogP contribution is -2.37. The maximum atomic E-state index is 5.19. The third-order valence-corrected chi connectivity index (χ3v) is 3.82. The van der Waals surface area contributed by atoms with E-state index >= 15 is 0 Å². The van der Waals surface area contributed by atoms with Gasteiger partial charge in [0.1, 0.15) is 0 Å². The summed E-state index contributed by atoms with van der Waals surface area (Å²) in [5.41, 5.74) is 1.40. The lowest BCUT2D eigenvalue weighted by molar-refractivity contribution is 0.139. The van der Waals surface area contributed by atoms with Crippen LogP contribution in [0.25, 0.3) is 0 Å². The molecule has 5 heteroatoms. The van der Waals surface area contributed by atoms with E-state index in [-0.39, 0.29) is 0 Å². The first kappa shape index (κ1) is 12.4.